The first kappa shape index (κ1) is 18.9. The number of nitrogens with zero attached hydrogens (tertiary/aromatic N) is 5. The molecule has 0 bridgehead atoms. The van der Waals surface area contributed by atoms with E-state index in [9.17, 15) is 4.79 Å². The topological polar surface area (TPSA) is 146 Å². The molecule has 5 rings (SSSR count). The third-order valence-corrected chi connectivity index (χ3v) is 4.91. The average molecular weight is 418 g/mol. The Morgan fingerprint density at radius 1 is 1.26 bits per heavy atom. The first-order valence-corrected chi connectivity index (χ1v) is 9.79. The van der Waals surface area contributed by atoms with Gasteiger partial charge in [-0.2, -0.15) is 10.4 Å². The molecule has 1 fully saturated rings. The van der Waals surface area contributed by atoms with E-state index in [0.717, 1.165) is 18.4 Å². The first-order chi connectivity index (χ1) is 15.2. The number of amidine groups is 1. The molecule has 0 unspecified atom stereocenters. The number of methoxy groups -OCH3 is 1. The van der Waals surface area contributed by atoms with E-state index in [-0.39, 0.29) is 11.8 Å². The minimum absolute atomic E-state index is 0.0427. The van der Waals surface area contributed by atoms with Crippen LogP contribution in [-0.4, -0.2) is 45.4 Å². The number of aromatic nitrogens is 4. The largest absolute Gasteiger partial charge is 0.494 e. The van der Waals surface area contributed by atoms with Gasteiger partial charge in [-0.05, 0) is 25.0 Å². The molecule has 1 aromatic carbocycles. The van der Waals surface area contributed by atoms with Gasteiger partial charge < -0.3 is 20.4 Å². The summed E-state index contributed by atoms with van der Waals surface area (Å²) < 4.78 is 5.67. The molecule has 11 nitrogen and oxygen atoms in total. The lowest BCUT2D eigenvalue weighted by atomic mass is 10.1. The number of aliphatic imine (C=N–C) groups is 1. The van der Waals surface area contributed by atoms with Crippen LogP contribution in [0.4, 0.5) is 17.2 Å². The number of imidazole rings is 1. The highest BCUT2D eigenvalue weighted by atomic mass is 16.5. The Bertz CT molecular complexity index is 1180. The number of quaternary nitrogens is 1. The Kier molecular flexibility index (Phi) is 4.84. The van der Waals surface area contributed by atoms with Crippen molar-refractivity contribution in [2.24, 2.45) is 16.0 Å². The molecule has 156 valence electrons. The van der Waals surface area contributed by atoms with Gasteiger partial charge in [-0.15, -0.1) is 10.2 Å². The number of para-hydroxylation sites is 1. The lowest BCUT2D eigenvalue weighted by molar-refractivity contribution is -0.532. The summed E-state index contributed by atoms with van der Waals surface area (Å²) in [7, 11) is 1.59. The standard InChI is InChI=1S/C20H19N9O2/c1-31-17-12(18-23-10-24-29-18)3-2-4-13(17)25-14-9-15(26-20(30)11-5-6-11)27-28-16(14)19-21-7-8-22-19/h2-4,7-11H,5-6H2,1H3,(H,21,22)(H,23,24,29)(H2,25,26,27,30)/p+1. The zero-order valence-corrected chi connectivity index (χ0v) is 16.7. The summed E-state index contributed by atoms with van der Waals surface area (Å²) >= 11 is 0. The summed E-state index contributed by atoms with van der Waals surface area (Å²) in [6.07, 6.45) is 6.78. The van der Waals surface area contributed by atoms with Crippen molar-refractivity contribution in [3.05, 3.63) is 42.2 Å². The lowest BCUT2D eigenvalue weighted by Crippen LogP contribution is -2.74. The highest BCUT2D eigenvalue weighted by Crippen LogP contribution is 2.35. The summed E-state index contributed by atoms with van der Waals surface area (Å²) in [4.78, 5) is 23.8. The number of hydrogen-bond donors (Lipinski definition) is 4. The molecule has 1 aliphatic carbocycles. The van der Waals surface area contributed by atoms with Crippen LogP contribution in [0.25, 0.3) is 11.5 Å². The smallest absolute Gasteiger partial charge is 0.228 e. The quantitative estimate of drug-likeness (QED) is 0.425. The molecule has 1 aliphatic heterocycles. The maximum Gasteiger partial charge on any atom is 0.228 e. The number of rotatable bonds is 7. The van der Waals surface area contributed by atoms with Crippen LogP contribution in [0.3, 0.4) is 0 Å². The van der Waals surface area contributed by atoms with Crippen molar-refractivity contribution in [2.75, 3.05) is 17.7 Å². The maximum atomic E-state index is 12.2. The molecule has 2 aromatic heterocycles. The number of ether oxygens (including phenoxy) is 1. The van der Waals surface area contributed by atoms with Gasteiger partial charge in [-0.3, -0.25) is 4.79 Å². The highest BCUT2D eigenvalue weighted by Gasteiger charge is 2.30. The lowest BCUT2D eigenvalue weighted by Gasteiger charge is -2.16. The Labute approximate surface area is 177 Å². The third-order valence-electron chi connectivity index (χ3n) is 4.91. The molecule has 31 heavy (non-hydrogen) atoms. The van der Waals surface area contributed by atoms with Crippen molar-refractivity contribution in [3.63, 3.8) is 0 Å². The Hall–Kier alpha value is -4.12. The molecule has 0 saturated heterocycles. The van der Waals surface area contributed by atoms with Gasteiger partial charge >= 0.3 is 0 Å². The molecule has 1 saturated carbocycles. The van der Waals surface area contributed by atoms with Crippen LogP contribution in [0.5, 0.6) is 5.75 Å². The summed E-state index contributed by atoms with van der Waals surface area (Å²) in [5.41, 5.74) is 4.18. The molecule has 5 N–H and O–H groups in total. The number of carbonyl (C=O) groups excluding carboxylic acids is 1. The van der Waals surface area contributed by atoms with E-state index in [0.29, 0.717) is 40.3 Å². The summed E-state index contributed by atoms with van der Waals surface area (Å²) in [5, 5.41) is 18.9. The molecule has 0 atom stereocenters. The van der Waals surface area contributed by atoms with Crippen LogP contribution in [0, 0.1) is 5.92 Å². The Morgan fingerprint density at radius 2 is 2.16 bits per heavy atom. The monoisotopic (exact) mass is 418 g/mol. The van der Waals surface area contributed by atoms with E-state index >= 15 is 0 Å². The molecular weight excluding hydrogens is 398 g/mol. The fourth-order valence-electron chi connectivity index (χ4n) is 3.25. The van der Waals surface area contributed by atoms with Gasteiger partial charge in [-0.1, -0.05) is 11.2 Å². The van der Waals surface area contributed by atoms with E-state index in [1.54, 1.807) is 37.3 Å². The number of anilines is 3. The van der Waals surface area contributed by atoms with Crippen molar-refractivity contribution >= 4 is 35.3 Å². The zero-order valence-electron chi connectivity index (χ0n) is 16.7. The SMILES string of the molecule is COc1c(Nc2cc(NC(=O)C3CC3)nnc2-c2ncc[nH]2)cccc1C1=N[NH2+]C=N1. The number of aromatic amines is 1. The van der Waals surface area contributed by atoms with Crippen molar-refractivity contribution in [1.82, 2.24) is 20.2 Å². The van der Waals surface area contributed by atoms with E-state index in [1.807, 2.05) is 18.2 Å². The van der Waals surface area contributed by atoms with Crippen LogP contribution in [0.1, 0.15) is 18.4 Å². The molecule has 3 aromatic rings. The minimum Gasteiger partial charge on any atom is -0.494 e. The van der Waals surface area contributed by atoms with Crippen LogP contribution in [0.2, 0.25) is 0 Å². The van der Waals surface area contributed by atoms with Crippen molar-refractivity contribution in [2.45, 2.75) is 12.8 Å². The van der Waals surface area contributed by atoms with E-state index in [2.05, 4.69) is 40.9 Å². The van der Waals surface area contributed by atoms with Crippen molar-refractivity contribution in [1.29, 1.82) is 0 Å². The summed E-state index contributed by atoms with van der Waals surface area (Å²) in [6, 6.07) is 7.38. The molecular formula is C20H20N9O2+. The van der Waals surface area contributed by atoms with Crippen LogP contribution >= 0.6 is 0 Å². The van der Waals surface area contributed by atoms with Gasteiger partial charge in [0.1, 0.15) is 0 Å². The number of hydrogen-bond acceptors (Lipinski definition) is 8. The fourth-order valence-corrected chi connectivity index (χ4v) is 3.25. The van der Waals surface area contributed by atoms with E-state index in [4.69, 9.17) is 4.74 Å². The second kappa shape index (κ2) is 7.95. The normalized spacial score (nSPS) is 14.9. The predicted octanol–water partition coefficient (Wildman–Crippen LogP) is 1.23. The second-order valence-corrected chi connectivity index (χ2v) is 7.08. The third kappa shape index (κ3) is 3.85. The van der Waals surface area contributed by atoms with E-state index < -0.39 is 0 Å². The molecule has 11 heteroatoms. The zero-order chi connectivity index (χ0) is 21.2. The number of benzene rings is 1. The van der Waals surface area contributed by atoms with Gasteiger partial charge in [0, 0.05) is 24.4 Å². The van der Waals surface area contributed by atoms with Gasteiger partial charge in [0.2, 0.25) is 18.1 Å². The van der Waals surface area contributed by atoms with Gasteiger partial charge in [0.25, 0.3) is 0 Å². The van der Waals surface area contributed by atoms with E-state index in [1.165, 1.54) is 0 Å². The van der Waals surface area contributed by atoms with Crippen LogP contribution in [0.15, 0.2) is 46.8 Å². The Morgan fingerprint density at radius 3 is 2.87 bits per heavy atom. The second-order valence-electron chi connectivity index (χ2n) is 7.08. The van der Waals surface area contributed by atoms with Crippen molar-refractivity contribution in [3.8, 4) is 17.3 Å². The molecule has 1 amide bonds. The van der Waals surface area contributed by atoms with Crippen LogP contribution in [-0.2, 0) is 4.79 Å². The average Bonchev–Trinajstić information content (AvgIpc) is 3.24. The van der Waals surface area contributed by atoms with Gasteiger partial charge in [0.15, 0.2) is 23.1 Å². The number of carbonyl (C=O) groups is 1. The molecule has 3 heterocycles. The van der Waals surface area contributed by atoms with Crippen LogP contribution < -0.4 is 20.8 Å². The van der Waals surface area contributed by atoms with Gasteiger partial charge in [0.05, 0.1) is 24.0 Å². The first-order valence-electron chi connectivity index (χ1n) is 9.79. The number of H-pyrrole nitrogens is 1. The number of amides is 1. The fraction of sp³-hybridized carbons (Fsp3) is 0.200. The molecule has 2 aliphatic rings. The molecule has 0 spiro atoms. The van der Waals surface area contributed by atoms with Crippen molar-refractivity contribution < 1.29 is 15.0 Å². The predicted molar refractivity (Wildman–Crippen MR) is 114 cm³/mol. The number of nitrogens with one attached hydrogen (secondary N) is 3. The van der Waals surface area contributed by atoms with Gasteiger partial charge in [-0.25, -0.2) is 4.98 Å². The maximum absolute atomic E-state index is 12.2. The highest BCUT2D eigenvalue weighted by molar-refractivity contribution is 6.06. The summed E-state index contributed by atoms with van der Waals surface area (Å²) in [5.74, 6) is 2.08. The molecule has 0 radical (unpaired) electrons. The summed E-state index contributed by atoms with van der Waals surface area (Å²) in [6.45, 7) is 0. The minimum atomic E-state index is -0.0427. The number of nitrogens with two attached hydrogens (primary N) is 1. The Balaban J connectivity index is 1.53.